The second-order valence-corrected chi connectivity index (χ2v) is 4.97. The quantitative estimate of drug-likeness (QED) is 0.807. The van der Waals surface area contributed by atoms with Gasteiger partial charge in [0.05, 0.1) is 16.6 Å². The normalized spacial score (nSPS) is 16.4. The average molecular weight is 317 g/mol. The van der Waals surface area contributed by atoms with E-state index in [9.17, 15) is 9.18 Å². The van der Waals surface area contributed by atoms with Gasteiger partial charge in [0.1, 0.15) is 5.82 Å². The molecule has 0 unspecified atom stereocenters. The SMILES string of the molecule is Nc1cc(Br)c(F)cc1C(=O)N1CCCOCC1. The van der Waals surface area contributed by atoms with Crippen molar-refractivity contribution >= 4 is 27.5 Å². The van der Waals surface area contributed by atoms with Crippen LogP contribution in [0.15, 0.2) is 16.6 Å². The number of amides is 1. The number of halogens is 2. The lowest BCUT2D eigenvalue weighted by Crippen LogP contribution is -2.33. The van der Waals surface area contributed by atoms with E-state index in [1.807, 2.05) is 0 Å². The first-order chi connectivity index (χ1) is 8.59. The largest absolute Gasteiger partial charge is 0.398 e. The van der Waals surface area contributed by atoms with Crippen LogP contribution in [0.25, 0.3) is 0 Å². The van der Waals surface area contributed by atoms with Gasteiger partial charge >= 0.3 is 0 Å². The zero-order chi connectivity index (χ0) is 13.1. The Kier molecular flexibility index (Phi) is 4.19. The molecule has 0 spiro atoms. The fraction of sp³-hybridized carbons (Fsp3) is 0.417. The highest BCUT2D eigenvalue weighted by Gasteiger charge is 2.20. The maximum atomic E-state index is 13.5. The molecule has 0 saturated carbocycles. The van der Waals surface area contributed by atoms with Gasteiger partial charge in [0.15, 0.2) is 0 Å². The molecule has 0 aromatic heterocycles. The Hall–Kier alpha value is -1.14. The molecule has 0 bridgehead atoms. The molecule has 1 heterocycles. The van der Waals surface area contributed by atoms with E-state index in [0.717, 1.165) is 6.42 Å². The molecule has 1 aromatic carbocycles. The highest BCUT2D eigenvalue weighted by Crippen LogP contribution is 2.24. The summed E-state index contributed by atoms with van der Waals surface area (Å²) >= 11 is 3.04. The topological polar surface area (TPSA) is 55.6 Å². The average Bonchev–Trinajstić information content (AvgIpc) is 2.61. The van der Waals surface area contributed by atoms with Crippen LogP contribution in [0.1, 0.15) is 16.8 Å². The number of hydrogen-bond donors (Lipinski definition) is 1. The smallest absolute Gasteiger partial charge is 0.256 e. The summed E-state index contributed by atoms with van der Waals surface area (Å²) in [6.45, 7) is 2.27. The Morgan fingerprint density at radius 3 is 2.94 bits per heavy atom. The number of carbonyl (C=O) groups excluding carboxylic acids is 1. The third-order valence-electron chi connectivity index (χ3n) is 2.83. The number of nitrogens with two attached hydrogens (primary N) is 1. The van der Waals surface area contributed by atoms with E-state index in [2.05, 4.69) is 15.9 Å². The maximum absolute atomic E-state index is 13.5. The van der Waals surface area contributed by atoms with Gasteiger partial charge in [-0.25, -0.2) is 4.39 Å². The minimum atomic E-state index is -0.487. The molecule has 1 aliphatic heterocycles. The first-order valence-electron chi connectivity index (χ1n) is 5.71. The molecule has 1 saturated heterocycles. The Balaban J connectivity index is 2.24. The fourth-order valence-electron chi connectivity index (χ4n) is 1.87. The number of ether oxygens (including phenoxy) is 1. The van der Waals surface area contributed by atoms with Crippen LogP contribution in [0.4, 0.5) is 10.1 Å². The molecule has 6 heteroatoms. The Morgan fingerprint density at radius 1 is 1.39 bits per heavy atom. The van der Waals surface area contributed by atoms with Crippen LogP contribution >= 0.6 is 15.9 Å². The summed E-state index contributed by atoms with van der Waals surface area (Å²) in [5, 5.41) is 0. The molecule has 1 amide bonds. The number of hydrogen-bond acceptors (Lipinski definition) is 3. The van der Waals surface area contributed by atoms with E-state index in [1.165, 1.54) is 12.1 Å². The molecule has 2 N–H and O–H groups in total. The third kappa shape index (κ3) is 2.81. The molecular weight excluding hydrogens is 303 g/mol. The zero-order valence-corrected chi connectivity index (χ0v) is 11.4. The van der Waals surface area contributed by atoms with Crippen molar-refractivity contribution < 1.29 is 13.9 Å². The lowest BCUT2D eigenvalue weighted by Gasteiger charge is -2.20. The number of rotatable bonds is 1. The summed E-state index contributed by atoms with van der Waals surface area (Å²) in [5.74, 6) is -0.733. The number of nitrogens with zero attached hydrogens (tertiary/aromatic N) is 1. The van der Waals surface area contributed by atoms with Gasteiger partial charge in [-0.05, 0) is 34.5 Å². The van der Waals surface area contributed by atoms with Crippen molar-refractivity contribution in [3.05, 3.63) is 28.0 Å². The summed E-state index contributed by atoms with van der Waals surface area (Å²) in [4.78, 5) is 13.9. The van der Waals surface area contributed by atoms with E-state index in [1.54, 1.807) is 4.90 Å². The van der Waals surface area contributed by atoms with Crippen molar-refractivity contribution in [1.82, 2.24) is 4.90 Å². The van der Waals surface area contributed by atoms with Crippen molar-refractivity contribution in [2.24, 2.45) is 0 Å². The molecule has 0 atom stereocenters. The van der Waals surface area contributed by atoms with Crippen LogP contribution in [0.5, 0.6) is 0 Å². The maximum Gasteiger partial charge on any atom is 0.256 e. The van der Waals surface area contributed by atoms with E-state index in [-0.39, 0.29) is 21.6 Å². The zero-order valence-electron chi connectivity index (χ0n) is 9.79. The van der Waals surface area contributed by atoms with Gasteiger partial charge in [-0.2, -0.15) is 0 Å². The third-order valence-corrected chi connectivity index (χ3v) is 3.44. The molecule has 4 nitrogen and oxygen atoms in total. The Bertz CT molecular complexity index is 460. The second kappa shape index (κ2) is 5.67. The minimum Gasteiger partial charge on any atom is -0.398 e. The predicted octanol–water partition coefficient (Wildman–Crippen LogP) is 2.03. The van der Waals surface area contributed by atoms with Gasteiger partial charge in [-0.1, -0.05) is 0 Å². The summed E-state index contributed by atoms with van der Waals surface area (Å²) in [6.07, 6.45) is 0.782. The van der Waals surface area contributed by atoms with Gasteiger partial charge in [0.2, 0.25) is 0 Å². The van der Waals surface area contributed by atoms with Crippen molar-refractivity contribution in [3.63, 3.8) is 0 Å². The monoisotopic (exact) mass is 316 g/mol. The standard InChI is InChI=1S/C12H14BrFN2O2/c13-9-7-11(15)8(6-10(9)14)12(17)16-2-1-4-18-5-3-16/h6-7H,1-5,15H2. The van der Waals surface area contributed by atoms with Crippen molar-refractivity contribution in [3.8, 4) is 0 Å². The van der Waals surface area contributed by atoms with Crippen molar-refractivity contribution in [2.75, 3.05) is 32.0 Å². The van der Waals surface area contributed by atoms with Crippen LogP contribution in [0.3, 0.4) is 0 Å². The predicted molar refractivity (Wildman–Crippen MR) is 69.9 cm³/mol. The lowest BCUT2D eigenvalue weighted by atomic mass is 10.1. The molecule has 2 rings (SSSR count). The van der Waals surface area contributed by atoms with Gasteiger partial charge < -0.3 is 15.4 Å². The van der Waals surface area contributed by atoms with Crippen molar-refractivity contribution in [2.45, 2.75) is 6.42 Å². The number of carbonyl (C=O) groups is 1. The van der Waals surface area contributed by atoms with Gasteiger partial charge in [-0.15, -0.1) is 0 Å². The van der Waals surface area contributed by atoms with E-state index in [0.29, 0.717) is 26.3 Å². The highest BCUT2D eigenvalue weighted by atomic mass is 79.9. The summed E-state index contributed by atoms with van der Waals surface area (Å²) in [6, 6.07) is 2.59. The first-order valence-corrected chi connectivity index (χ1v) is 6.50. The van der Waals surface area contributed by atoms with E-state index >= 15 is 0 Å². The molecular formula is C12H14BrFN2O2. The Morgan fingerprint density at radius 2 is 2.17 bits per heavy atom. The molecule has 0 aliphatic carbocycles. The van der Waals surface area contributed by atoms with Crippen LogP contribution in [0.2, 0.25) is 0 Å². The highest BCUT2D eigenvalue weighted by molar-refractivity contribution is 9.10. The van der Waals surface area contributed by atoms with Gasteiger partial charge in [-0.3, -0.25) is 4.79 Å². The van der Waals surface area contributed by atoms with Gasteiger partial charge in [0, 0.05) is 25.4 Å². The number of anilines is 1. The molecule has 18 heavy (non-hydrogen) atoms. The summed E-state index contributed by atoms with van der Waals surface area (Å²) < 4.78 is 19.0. The molecule has 1 aliphatic rings. The summed E-state index contributed by atoms with van der Waals surface area (Å²) in [5.41, 5.74) is 6.24. The lowest BCUT2D eigenvalue weighted by molar-refractivity contribution is 0.0742. The van der Waals surface area contributed by atoms with E-state index < -0.39 is 5.82 Å². The number of benzene rings is 1. The molecule has 98 valence electrons. The first kappa shape index (κ1) is 13.3. The van der Waals surface area contributed by atoms with E-state index in [4.69, 9.17) is 10.5 Å². The van der Waals surface area contributed by atoms with Gasteiger partial charge in [0.25, 0.3) is 5.91 Å². The van der Waals surface area contributed by atoms with Crippen molar-refractivity contribution in [1.29, 1.82) is 0 Å². The minimum absolute atomic E-state index is 0.206. The van der Waals surface area contributed by atoms with Crippen LogP contribution in [0, 0.1) is 5.82 Å². The fourth-order valence-corrected chi connectivity index (χ4v) is 2.23. The van der Waals surface area contributed by atoms with Crippen LogP contribution in [-0.4, -0.2) is 37.1 Å². The molecule has 0 radical (unpaired) electrons. The molecule has 1 aromatic rings. The van der Waals surface area contributed by atoms with Crippen LogP contribution < -0.4 is 5.73 Å². The molecule has 1 fully saturated rings. The van der Waals surface area contributed by atoms with Crippen LogP contribution in [-0.2, 0) is 4.74 Å². The summed E-state index contributed by atoms with van der Waals surface area (Å²) in [7, 11) is 0. The number of nitrogen functional groups attached to an aromatic ring is 1. The second-order valence-electron chi connectivity index (χ2n) is 4.11. The Labute approximate surface area is 113 Å².